The molecular formula is C17H11Cl2N6. The average molecular weight is 370 g/mol. The Labute approximate surface area is 153 Å². The van der Waals surface area contributed by atoms with Crippen molar-refractivity contribution in [1.82, 2.24) is 24.7 Å². The number of pyridine rings is 1. The lowest BCUT2D eigenvalue weighted by atomic mass is 10.2. The van der Waals surface area contributed by atoms with E-state index >= 15 is 0 Å². The van der Waals surface area contributed by atoms with E-state index in [0.29, 0.717) is 16.7 Å². The van der Waals surface area contributed by atoms with Crippen LogP contribution >= 0.6 is 23.2 Å². The van der Waals surface area contributed by atoms with Gasteiger partial charge in [-0.15, -0.1) is 5.10 Å². The van der Waals surface area contributed by atoms with Gasteiger partial charge in [0.25, 0.3) is 0 Å². The first-order valence-electron chi connectivity index (χ1n) is 7.39. The molecular weight excluding hydrogens is 359 g/mol. The predicted octanol–water partition coefficient (Wildman–Crippen LogP) is 4.37. The number of nitrogens with zero attached hydrogens (tertiary/aromatic N) is 5. The standard InChI is InChI=1S/C17H11Cl2N6/c1-10-2-7-16(24-23-10)21-11-3-5-14-13(8-11)20-9-25(14)17-12(18)4-6-15(19)22-17/h2-5,7-9H,1H3,(H,21,24). The maximum Gasteiger partial charge on any atom is 0.159 e. The SMILES string of the molecule is Cc1ccc(Nc2ccc3c(c2)ncn3-c2nc(Cl)[c]cc2Cl)nn1. The quantitative estimate of drug-likeness (QED) is 0.543. The first kappa shape index (κ1) is 15.8. The van der Waals surface area contributed by atoms with Crippen LogP contribution in [0.4, 0.5) is 11.5 Å². The Kier molecular flexibility index (Phi) is 3.99. The number of imidazole rings is 1. The van der Waals surface area contributed by atoms with Crippen LogP contribution in [0.15, 0.2) is 42.7 Å². The van der Waals surface area contributed by atoms with Crippen molar-refractivity contribution >= 4 is 45.7 Å². The van der Waals surface area contributed by atoms with Gasteiger partial charge in [-0.2, -0.15) is 5.10 Å². The van der Waals surface area contributed by atoms with Gasteiger partial charge in [0.15, 0.2) is 11.6 Å². The van der Waals surface area contributed by atoms with Crippen LogP contribution in [0, 0.1) is 13.0 Å². The minimum atomic E-state index is 0.248. The minimum absolute atomic E-state index is 0.248. The number of hydrogen-bond acceptors (Lipinski definition) is 5. The second-order valence-electron chi connectivity index (χ2n) is 5.37. The summed E-state index contributed by atoms with van der Waals surface area (Å²) in [6.45, 7) is 1.89. The van der Waals surface area contributed by atoms with E-state index in [4.69, 9.17) is 23.2 Å². The Morgan fingerprint density at radius 2 is 2.00 bits per heavy atom. The van der Waals surface area contributed by atoms with E-state index in [9.17, 15) is 0 Å². The third kappa shape index (κ3) is 3.14. The first-order chi connectivity index (χ1) is 12.1. The second-order valence-corrected chi connectivity index (χ2v) is 6.13. The molecule has 1 aromatic carbocycles. The number of benzene rings is 1. The highest BCUT2D eigenvalue weighted by Gasteiger charge is 2.11. The molecule has 0 spiro atoms. The molecule has 4 rings (SSSR count). The smallest absolute Gasteiger partial charge is 0.159 e. The zero-order valence-electron chi connectivity index (χ0n) is 13.0. The van der Waals surface area contributed by atoms with E-state index in [1.165, 1.54) is 0 Å². The number of aryl methyl sites for hydroxylation is 1. The third-order valence-electron chi connectivity index (χ3n) is 3.58. The van der Waals surface area contributed by atoms with Crippen LogP contribution in [0.3, 0.4) is 0 Å². The monoisotopic (exact) mass is 369 g/mol. The normalized spacial score (nSPS) is 11.0. The summed E-state index contributed by atoms with van der Waals surface area (Å²) in [6.07, 6.45) is 1.66. The highest BCUT2D eigenvalue weighted by Crippen LogP contribution is 2.26. The molecule has 0 saturated carbocycles. The molecule has 123 valence electrons. The van der Waals surface area contributed by atoms with Crippen molar-refractivity contribution in [3.63, 3.8) is 0 Å². The molecule has 3 aromatic heterocycles. The fourth-order valence-electron chi connectivity index (χ4n) is 2.41. The molecule has 6 nitrogen and oxygen atoms in total. The average Bonchev–Trinajstić information content (AvgIpc) is 3.02. The van der Waals surface area contributed by atoms with Crippen LogP contribution in [-0.4, -0.2) is 24.7 Å². The highest BCUT2D eigenvalue weighted by molar-refractivity contribution is 6.33. The summed E-state index contributed by atoms with van der Waals surface area (Å²) in [5, 5.41) is 12.0. The topological polar surface area (TPSA) is 68.5 Å². The van der Waals surface area contributed by atoms with E-state index in [1.807, 2.05) is 37.3 Å². The fourth-order valence-corrected chi connectivity index (χ4v) is 2.73. The van der Waals surface area contributed by atoms with Crippen LogP contribution in [0.2, 0.25) is 10.2 Å². The molecule has 0 aliphatic heterocycles. The molecule has 3 heterocycles. The number of nitrogens with one attached hydrogen (secondary N) is 1. The molecule has 0 aliphatic rings. The summed E-state index contributed by atoms with van der Waals surface area (Å²) >= 11 is 12.1. The molecule has 0 fully saturated rings. The Morgan fingerprint density at radius 1 is 1.12 bits per heavy atom. The van der Waals surface area contributed by atoms with Crippen LogP contribution in [0.25, 0.3) is 16.9 Å². The predicted molar refractivity (Wildman–Crippen MR) is 97.8 cm³/mol. The Bertz CT molecular complexity index is 1060. The molecule has 4 aromatic rings. The third-order valence-corrected chi connectivity index (χ3v) is 4.05. The lowest BCUT2D eigenvalue weighted by Gasteiger charge is -2.07. The zero-order chi connectivity index (χ0) is 17.4. The van der Waals surface area contributed by atoms with Crippen molar-refractivity contribution < 1.29 is 0 Å². The maximum absolute atomic E-state index is 6.21. The summed E-state index contributed by atoms with van der Waals surface area (Å²) in [6, 6.07) is 13.9. The number of anilines is 2. The van der Waals surface area contributed by atoms with Gasteiger partial charge in [0.2, 0.25) is 0 Å². The molecule has 1 N–H and O–H groups in total. The lowest BCUT2D eigenvalue weighted by molar-refractivity contribution is 0.986. The zero-order valence-corrected chi connectivity index (χ0v) is 14.5. The molecule has 0 aliphatic carbocycles. The van der Waals surface area contributed by atoms with Gasteiger partial charge in [-0.25, -0.2) is 9.97 Å². The lowest BCUT2D eigenvalue weighted by Crippen LogP contribution is -1.98. The van der Waals surface area contributed by atoms with Gasteiger partial charge < -0.3 is 5.32 Å². The number of fused-ring (bicyclic) bond motifs is 1. The van der Waals surface area contributed by atoms with Crippen LogP contribution < -0.4 is 5.32 Å². The number of aromatic nitrogens is 5. The molecule has 1 radical (unpaired) electrons. The molecule has 25 heavy (non-hydrogen) atoms. The summed E-state index contributed by atoms with van der Waals surface area (Å²) in [5.41, 5.74) is 3.36. The van der Waals surface area contributed by atoms with Crippen LogP contribution in [0.5, 0.6) is 0 Å². The maximum atomic E-state index is 6.21. The van der Waals surface area contributed by atoms with E-state index in [1.54, 1.807) is 17.0 Å². The van der Waals surface area contributed by atoms with Crippen LogP contribution in [0.1, 0.15) is 5.69 Å². The van der Waals surface area contributed by atoms with Crippen molar-refractivity contribution in [1.29, 1.82) is 0 Å². The van der Waals surface area contributed by atoms with Crippen LogP contribution in [-0.2, 0) is 0 Å². The summed E-state index contributed by atoms with van der Waals surface area (Å²) in [7, 11) is 0. The Balaban J connectivity index is 1.71. The summed E-state index contributed by atoms with van der Waals surface area (Å²) < 4.78 is 1.78. The van der Waals surface area contributed by atoms with Crippen molar-refractivity contribution in [2.75, 3.05) is 5.32 Å². The highest BCUT2D eigenvalue weighted by atomic mass is 35.5. The van der Waals surface area contributed by atoms with Crippen molar-refractivity contribution in [3.8, 4) is 5.82 Å². The molecule has 0 unspecified atom stereocenters. The first-order valence-corrected chi connectivity index (χ1v) is 8.14. The van der Waals surface area contributed by atoms with E-state index in [2.05, 4.69) is 31.5 Å². The number of rotatable bonds is 3. The van der Waals surface area contributed by atoms with Crippen molar-refractivity contribution in [2.24, 2.45) is 0 Å². The number of hydrogen-bond donors (Lipinski definition) is 1. The van der Waals surface area contributed by atoms with Gasteiger partial charge in [-0.3, -0.25) is 4.57 Å². The summed E-state index contributed by atoms with van der Waals surface area (Å²) in [4.78, 5) is 8.65. The van der Waals surface area contributed by atoms with Gasteiger partial charge in [0.05, 0.1) is 21.7 Å². The van der Waals surface area contributed by atoms with Crippen molar-refractivity contribution in [2.45, 2.75) is 6.92 Å². The van der Waals surface area contributed by atoms with Gasteiger partial charge >= 0.3 is 0 Å². The Morgan fingerprint density at radius 3 is 2.80 bits per heavy atom. The Hall–Kier alpha value is -2.70. The van der Waals surface area contributed by atoms with Gasteiger partial charge in [-0.05, 0) is 43.3 Å². The van der Waals surface area contributed by atoms with E-state index < -0.39 is 0 Å². The van der Waals surface area contributed by atoms with Crippen molar-refractivity contribution in [3.05, 3.63) is 64.7 Å². The van der Waals surface area contributed by atoms with E-state index in [-0.39, 0.29) is 5.15 Å². The summed E-state index contributed by atoms with van der Waals surface area (Å²) in [5.74, 6) is 1.18. The number of halogens is 2. The molecule has 0 amide bonds. The second kappa shape index (κ2) is 6.31. The molecule has 0 bridgehead atoms. The fraction of sp³-hybridized carbons (Fsp3) is 0.0588. The van der Waals surface area contributed by atoms with Gasteiger partial charge in [0.1, 0.15) is 11.5 Å². The minimum Gasteiger partial charge on any atom is -0.339 e. The molecule has 0 atom stereocenters. The molecule has 8 heteroatoms. The van der Waals surface area contributed by atoms with E-state index in [0.717, 1.165) is 22.4 Å². The van der Waals surface area contributed by atoms with Gasteiger partial charge in [-0.1, -0.05) is 23.2 Å². The largest absolute Gasteiger partial charge is 0.339 e. The molecule has 0 saturated heterocycles. The van der Waals surface area contributed by atoms with Gasteiger partial charge in [0, 0.05) is 11.8 Å².